The molecule has 2 aromatic rings. The lowest BCUT2D eigenvalue weighted by molar-refractivity contribution is 0.0975. The van der Waals surface area contributed by atoms with Gasteiger partial charge < -0.3 is 9.84 Å². The Morgan fingerprint density at radius 1 is 1.22 bits per heavy atom. The van der Waals surface area contributed by atoms with Crippen molar-refractivity contribution >= 4 is 11.8 Å². The third-order valence-electron chi connectivity index (χ3n) is 3.76. The topological polar surface area (TPSA) is 62.1 Å². The Kier molecular flexibility index (Phi) is 4.28. The number of para-hydroxylation sites is 1. The van der Waals surface area contributed by atoms with Crippen molar-refractivity contribution in [3.8, 4) is 5.75 Å². The number of aromatic hydroxyl groups is 1. The summed E-state index contributed by atoms with van der Waals surface area (Å²) in [5.74, 6) is 0.156. The minimum Gasteiger partial charge on any atom is -0.507 e. The van der Waals surface area contributed by atoms with Gasteiger partial charge in [-0.1, -0.05) is 42.5 Å². The van der Waals surface area contributed by atoms with Crippen molar-refractivity contribution in [3.63, 3.8) is 0 Å². The molecule has 0 aliphatic carbocycles. The number of phenolic OH excluding ortho intramolecular Hbond substituents is 1. The van der Waals surface area contributed by atoms with E-state index < -0.39 is 6.09 Å². The third-order valence-corrected chi connectivity index (χ3v) is 3.76. The Labute approximate surface area is 134 Å². The lowest BCUT2D eigenvalue weighted by Gasteiger charge is -2.21. The fourth-order valence-corrected chi connectivity index (χ4v) is 2.68. The van der Waals surface area contributed by atoms with Crippen molar-refractivity contribution in [2.45, 2.75) is 19.4 Å². The smallest absolute Gasteiger partial charge is 0.430 e. The maximum atomic E-state index is 12.2. The van der Waals surface area contributed by atoms with Crippen LogP contribution < -0.4 is 0 Å². The van der Waals surface area contributed by atoms with Gasteiger partial charge in [-0.15, -0.1) is 0 Å². The predicted octanol–water partition coefficient (Wildman–Crippen LogP) is 3.70. The van der Waals surface area contributed by atoms with Gasteiger partial charge in [0, 0.05) is 12.0 Å². The van der Waals surface area contributed by atoms with Crippen LogP contribution in [0, 0.1) is 0 Å². The highest BCUT2D eigenvalue weighted by Gasteiger charge is 2.34. The fraction of sp³-hybridized carbons (Fsp3) is 0.222. The van der Waals surface area contributed by atoms with Crippen molar-refractivity contribution < 1.29 is 14.6 Å². The highest BCUT2D eigenvalue weighted by molar-refractivity contribution is 6.04. The van der Waals surface area contributed by atoms with E-state index in [2.05, 4.69) is 5.10 Å². The largest absolute Gasteiger partial charge is 0.507 e. The second-order valence-electron chi connectivity index (χ2n) is 5.24. The average molecular weight is 310 g/mol. The summed E-state index contributed by atoms with van der Waals surface area (Å²) < 4.78 is 5.11. The maximum absolute atomic E-state index is 12.2. The monoisotopic (exact) mass is 310 g/mol. The number of rotatable bonds is 3. The Hall–Kier alpha value is -2.82. The predicted molar refractivity (Wildman–Crippen MR) is 87.3 cm³/mol. The van der Waals surface area contributed by atoms with Crippen molar-refractivity contribution in [3.05, 3.63) is 65.7 Å². The number of phenols is 1. The first kappa shape index (κ1) is 15.1. The van der Waals surface area contributed by atoms with Gasteiger partial charge in [-0.2, -0.15) is 10.1 Å². The van der Waals surface area contributed by atoms with Crippen LogP contribution in [0.3, 0.4) is 0 Å². The summed E-state index contributed by atoms with van der Waals surface area (Å²) in [4.78, 5) is 12.2. The molecule has 1 atom stereocenters. The zero-order chi connectivity index (χ0) is 16.2. The molecule has 5 heteroatoms. The Morgan fingerprint density at radius 3 is 2.61 bits per heavy atom. The van der Waals surface area contributed by atoms with Gasteiger partial charge in [0.05, 0.1) is 18.4 Å². The van der Waals surface area contributed by atoms with Crippen LogP contribution in [-0.4, -0.2) is 28.5 Å². The first-order valence-corrected chi connectivity index (χ1v) is 7.57. The summed E-state index contributed by atoms with van der Waals surface area (Å²) >= 11 is 0. The molecule has 118 valence electrons. The number of carbonyl (C=O) groups is 1. The summed E-state index contributed by atoms with van der Waals surface area (Å²) in [6, 6.07) is 16.5. The number of carbonyl (C=O) groups excluding carboxylic acids is 1. The van der Waals surface area contributed by atoms with Crippen LogP contribution in [-0.2, 0) is 4.74 Å². The van der Waals surface area contributed by atoms with Gasteiger partial charge in [0.2, 0.25) is 0 Å². The zero-order valence-electron chi connectivity index (χ0n) is 12.8. The summed E-state index contributed by atoms with van der Waals surface area (Å²) in [5.41, 5.74) is 2.29. The molecule has 23 heavy (non-hydrogen) atoms. The van der Waals surface area contributed by atoms with Gasteiger partial charge in [-0.3, -0.25) is 0 Å². The van der Waals surface area contributed by atoms with Crippen LogP contribution in [0.2, 0.25) is 0 Å². The number of hydrogen-bond donors (Lipinski definition) is 1. The van der Waals surface area contributed by atoms with Gasteiger partial charge in [-0.05, 0) is 24.6 Å². The van der Waals surface area contributed by atoms with E-state index in [9.17, 15) is 9.90 Å². The normalized spacial score (nSPS) is 17.0. The number of hydrazone groups is 1. The quantitative estimate of drug-likeness (QED) is 0.940. The molecule has 1 amide bonds. The van der Waals surface area contributed by atoms with Crippen LogP contribution in [0.1, 0.15) is 30.5 Å². The van der Waals surface area contributed by atoms with Crippen molar-refractivity contribution in [1.82, 2.24) is 5.01 Å². The molecule has 5 nitrogen and oxygen atoms in total. The van der Waals surface area contributed by atoms with Gasteiger partial charge in [-0.25, -0.2) is 4.79 Å². The number of hydrogen-bond acceptors (Lipinski definition) is 4. The summed E-state index contributed by atoms with van der Waals surface area (Å²) in [6.07, 6.45) is 0.0483. The lowest BCUT2D eigenvalue weighted by Crippen LogP contribution is -2.27. The highest BCUT2D eigenvalue weighted by atomic mass is 16.6. The molecule has 0 saturated carbocycles. The van der Waals surface area contributed by atoms with E-state index in [4.69, 9.17) is 4.74 Å². The number of nitrogens with zero attached hydrogens (tertiary/aromatic N) is 2. The maximum Gasteiger partial charge on any atom is 0.430 e. The van der Waals surface area contributed by atoms with Gasteiger partial charge >= 0.3 is 6.09 Å². The highest BCUT2D eigenvalue weighted by Crippen LogP contribution is 2.34. The Morgan fingerprint density at radius 2 is 1.91 bits per heavy atom. The minimum absolute atomic E-state index is 0.156. The van der Waals surface area contributed by atoms with Crippen LogP contribution in [0.4, 0.5) is 4.79 Å². The second kappa shape index (κ2) is 6.52. The average Bonchev–Trinajstić information content (AvgIpc) is 3.01. The Balaban J connectivity index is 1.96. The molecule has 2 aromatic carbocycles. The SMILES string of the molecule is CCOC(=O)N1N=C(c2ccccc2O)CC1c1ccccc1. The molecule has 0 saturated heterocycles. The minimum atomic E-state index is -0.480. The summed E-state index contributed by atoms with van der Waals surface area (Å²) in [6.45, 7) is 2.05. The van der Waals surface area contributed by atoms with Crippen LogP contribution in [0.15, 0.2) is 59.7 Å². The van der Waals surface area contributed by atoms with Gasteiger partial charge in [0.1, 0.15) is 5.75 Å². The molecule has 0 radical (unpaired) electrons. The molecule has 0 bridgehead atoms. The van der Waals surface area contributed by atoms with Crippen LogP contribution in [0.5, 0.6) is 5.75 Å². The van der Waals surface area contributed by atoms with E-state index in [0.29, 0.717) is 17.7 Å². The van der Waals surface area contributed by atoms with Gasteiger partial charge in [0.15, 0.2) is 0 Å². The lowest BCUT2D eigenvalue weighted by atomic mass is 9.98. The third kappa shape index (κ3) is 3.04. The standard InChI is InChI=1S/C18H18N2O3/c1-2-23-18(22)20-16(13-8-4-3-5-9-13)12-15(19-20)14-10-6-7-11-17(14)21/h3-11,16,21H,2,12H2,1H3. The summed E-state index contributed by atoms with van der Waals surface area (Å²) in [7, 11) is 0. The first-order chi connectivity index (χ1) is 11.2. The van der Waals surface area contributed by atoms with E-state index in [0.717, 1.165) is 5.56 Å². The molecule has 1 heterocycles. The number of ether oxygens (including phenoxy) is 1. The molecule has 1 aliphatic heterocycles. The van der Waals surface area contributed by atoms with E-state index in [1.807, 2.05) is 36.4 Å². The number of benzene rings is 2. The van der Waals surface area contributed by atoms with Crippen LogP contribution in [0.25, 0.3) is 0 Å². The molecule has 0 spiro atoms. The molecular formula is C18H18N2O3. The Bertz CT molecular complexity index is 728. The van der Waals surface area contributed by atoms with E-state index >= 15 is 0 Å². The van der Waals surface area contributed by atoms with Gasteiger partial charge in [0.25, 0.3) is 0 Å². The van der Waals surface area contributed by atoms with E-state index in [1.54, 1.807) is 25.1 Å². The molecule has 0 fully saturated rings. The van der Waals surface area contributed by atoms with Crippen LogP contribution >= 0.6 is 0 Å². The zero-order valence-corrected chi connectivity index (χ0v) is 12.8. The molecular weight excluding hydrogens is 292 g/mol. The van der Waals surface area contributed by atoms with E-state index in [-0.39, 0.29) is 18.4 Å². The summed E-state index contributed by atoms with van der Waals surface area (Å²) in [5, 5.41) is 15.8. The molecule has 1 aliphatic rings. The second-order valence-corrected chi connectivity index (χ2v) is 5.24. The molecule has 1 unspecified atom stereocenters. The van der Waals surface area contributed by atoms with E-state index in [1.165, 1.54) is 5.01 Å². The van der Waals surface area contributed by atoms with Crippen molar-refractivity contribution in [2.75, 3.05) is 6.61 Å². The molecule has 3 rings (SSSR count). The number of amides is 1. The first-order valence-electron chi connectivity index (χ1n) is 7.57. The molecule has 1 N–H and O–H groups in total. The van der Waals surface area contributed by atoms with Crippen molar-refractivity contribution in [1.29, 1.82) is 0 Å². The fourth-order valence-electron chi connectivity index (χ4n) is 2.68. The van der Waals surface area contributed by atoms with Crippen molar-refractivity contribution in [2.24, 2.45) is 5.10 Å². The molecule has 0 aromatic heterocycles.